The summed E-state index contributed by atoms with van der Waals surface area (Å²) in [7, 11) is 1.64. The first-order valence-corrected chi connectivity index (χ1v) is 8.72. The van der Waals surface area contributed by atoms with E-state index in [1.807, 2.05) is 24.3 Å². The van der Waals surface area contributed by atoms with Crippen LogP contribution in [0.15, 0.2) is 29.1 Å². The minimum Gasteiger partial charge on any atom is -0.497 e. The van der Waals surface area contributed by atoms with Gasteiger partial charge in [0.25, 0.3) is 5.56 Å². The van der Waals surface area contributed by atoms with Gasteiger partial charge in [-0.1, -0.05) is 0 Å². The third-order valence-electron chi connectivity index (χ3n) is 4.77. The molecular weight excluding hydrogens is 318 g/mol. The van der Waals surface area contributed by atoms with E-state index in [-0.39, 0.29) is 11.5 Å². The van der Waals surface area contributed by atoms with E-state index in [4.69, 9.17) is 4.74 Å². The van der Waals surface area contributed by atoms with Crippen LogP contribution in [0.3, 0.4) is 0 Å². The van der Waals surface area contributed by atoms with Gasteiger partial charge in [0.05, 0.1) is 7.11 Å². The number of carbonyl (C=O) groups excluding carboxylic acids is 1. The van der Waals surface area contributed by atoms with Crippen LogP contribution in [0.2, 0.25) is 0 Å². The van der Waals surface area contributed by atoms with Crippen molar-refractivity contribution >= 4 is 16.8 Å². The number of pyridine rings is 1. The number of nitrogens with zero attached hydrogens (tertiary/aromatic N) is 1. The van der Waals surface area contributed by atoms with Gasteiger partial charge in [-0.25, -0.2) is 0 Å². The molecule has 3 rings (SSSR count). The van der Waals surface area contributed by atoms with Crippen LogP contribution in [-0.2, 0) is 11.3 Å². The molecule has 1 aliphatic heterocycles. The average molecular weight is 343 g/mol. The maximum absolute atomic E-state index is 12.4. The van der Waals surface area contributed by atoms with Crippen molar-refractivity contribution in [3.8, 4) is 5.75 Å². The number of aromatic amines is 1. The van der Waals surface area contributed by atoms with Crippen molar-refractivity contribution in [1.82, 2.24) is 15.2 Å². The summed E-state index contributed by atoms with van der Waals surface area (Å²) in [6.45, 7) is 4.75. The zero-order valence-corrected chi connectivity index (χ0v) is 14.8. The molecule has 6 heteroatoms. The number of nitrogens with one attached hydrogen (secondary N) is 2. The van der Waals surface area contributed by atoms with E-state index >= 15 is 0 Å². The van der Waals surface area contributed by atoms with Gasteiger partial charge < -0.3 is 15.0 Å². The minimum absolute atomic E-state index is 0.0112. The Morgan fingerprint density at radius 2 is 2.24 bits per heavy atom. The maximum atomic E-state index is 12.4. The van der Waals surface area contributed by atoms with Gasteiger partial charge in [-0.2, -0.15) is 0 Å². The summed E-state index contributed by atoms with van der Waals surface area (Å²) in [4.78, 5) is 28.7. The lowest BCUT2D eigenvalue weighted by Crippen LogP contribution is -2.40. The lowest BCUT2D eigenvalue weighted by Gasteiger charge is -2.32. The van der Waals surface area contributed by atoms with Gasteiger partial charge in [0.15, 0.2) is 0 Å². The molecule has 2 N–H and O–H groups in total. The second-order valence-electron chi connectivity index (χ2n) is 6.76. The monoisotopic (exact) mass is 343 g/mol. The van der Waals surface area contributed by atoms with Crippen LogP contribution in [0.1, 0.15) is 25.3 Å². The Labute approximate surface area is 147 Å². The van der Waals surface area contributed by atoms with E-state index in [1.165, 1.54) is 0 Å². The molecule has 0 saturated carbocycles. The molecule has 25 heavy (non-hydrogen) atoms. The molecule has 1 atom stereocenters. The van der Waals surface area contributed by atoms with Gasteiger partial charge in [0.2, 0.25) is 5.91 Å². The molecule has 0 radical (unpaired) electrons. The molecular formula is C19H25N3O3. The highest BCUT2D eigenvalue weighted by atomic mass is 16.5. The highest BCUT2D eigenvalue weighted by Crippen LogP contribution is 2.21. The molecule has 0 aliphatic carbocycles. The highest BCUT2D eigenvalue weighted by molar-refractivity contribution is 5.80. The van der Waals surface area contributed by atoms with Gasteiger partial charge in [0, 0.05) is 43.0 Å². The second-order valence-corrected chi connectivity index (χ2v) is 6.76. The quantitative estimate of drug-likeness (QED) is 0.869. The van der Waals surface area contributed by atoms with Crippen molar-refractivity contribution in [3.63, 3.8) is 0 Å². The normalized spacial score (nSPS) is 18.2. The number of hydrogen-bond donors (Lipinski definition) is 2. The Morgan fingerprint density at radius 1 is 1.40 bits per heavy atom. The maximum Gasteiger partial charge on any atom is 0.252 e. The molecule has 2 aromatic rings. The molecule has 134 valence electrons. The number of rotatable bonds is 5. The fraction of sp³-hybridized carbons (Fsp3) is 0.474. The lowest BCUT2D eigenvalue weighted by atomic mass is 9.97. The van der Waals surface area contributed by atoms with E-state index in [9.17, 15) is 9.59 Å². The molecule has 1 amide bonds. The van der Waals surface area contributed by atoms with Crippen LogP contribution in [-0.4, -0.2) is 42.5 Å². The topological polar surface area (TPSA) is 74.4 Å². The smallest absolute Gasteiger partial charge is 0.252 e. The molecule has 1 saturated heterocycles. The number of piperidine rings is 1. The summed E-state index contributed by atoms with van der Waals surface area (Å²) in [5.41, 5.74) is 1.54. The van der Waals surface area contributed by atoms with Gasteiger partial charge in [-0.3, -0.25) is 14.5 Å². The molecule has 1 aromatic carbocycles. The Balaban J connectivity index is 1.74. The first kappa shape index (κ1) is 17.5. The number of methoxy groups -OCH3 is 1. The van der Waals surface area contributed by atoms with Gasteiger partial charge in [0.1, 0.15) is 5.75 Å². The van der Waals surface area contributed by atoms with Crippen molar-refractivity contribution in [2.45, 2.75) is 26.3 Å². The first-order chi connectivity index (χ1) is 12.0. The molecule has 0 unspecified atom stereocenters. The highest BCUT2D eigenvalue weighted by Gasteiger charge is 2.21. The van der Waals surface area contributed by atoms with E-state index in [0.29, 0.717) is 19.0 Å². The van der Waals surface area contributed by atoms with Crippen molar-refractivity contribution in [3.05, 3.63) is 40.2 Å². The van der Waals surface area contributed by atoms with Crippen LogP contribution in [0.5, 0.6) is 5.75 Å². The Morgan fingerprint density at radius 3 is 3.00 bits per heavy atom. The summed E-state index contributed by atoms with van der Waals surface area (Å²) in [5.74, 6) is 1.23. The standard InChI is InChI=1S/C19H25N3O3/c1-13(23)20-10-14-4-3-7-22(11-14)12-16-8-15-9-17(25-2)5-6-18(15)21-19(16)24/h5-6,8-9,14H,3-4,7,10-12H2,1-2H3,(H,20,23)(H,21,24)/t14-/m0/s1. The molecule has 1 aliphatic rings. The molecule has 0 bridgehead atoms. The Kier molecular flexibility index (Phi) is 5.38. The number of fused-ring (bicyclic) bond motifs is 1. The SMILES string of the molecule is COc1ccc2[nH]c(=O)c(CN3CCC[C@@H](CNC(C)=O)C3)cc2c1. The van der Waals surface area contributed by atoms with E-state index in [0.717, 1.165) is 48.1 Å². The molecule has 1 aromatic heterocycles. The van der Waals surface area contributed by atoms with Crippen molar-refractivity contribution in [2.24, 2.45) is 5.92 Å². The predicted octanol–water partition coefficient (Wildman–Crippen LogP) is 1.88. The van der Waals surface area contributed by atoms with Crippen LogP contribution in [0.25, 0.3) is 10.9 Å². The minimum atomic E-state index is -0.0401. The number of ether oxygens (including phenoxy) is 1. The number of amides is 1. The Bertz CT molecular complexity index is 815. The molecule has 0 spiro atoms. The number of hydrogen-bond acceptors (Lipinski definition) is 4. The van der Waals surface area contributed by atoms with Crippen LogP contribution >= 0.6 is 0 Å². The van der Waals surface area contributed by atoms with Crippen molar-refractivity contribution < 1.29 is 9.53 Å². The fourth-order valence-corrected chi connectivity index (χ4v) is 3.46. The van der Waals surface area contributed by atoms with Crippen molar-refractivity contribution in [2.75, 3.05) is 26.7 Å². The largest absolute Gasteiger partial charge is 0.497 e. The second kappa shape index (κ2) is 7.70. The van der Waals surface area contributed by atoms with Gasteiger partial charge >= 0.3 is 0 Å². The molecule has 1 fully saturated rings. The summed E-state index contributed by atoms with van der Waals surface area (Å²) in [6.07, 6.45) is 2.20. The van der Waals surface area contributed by atoms with E-state index in [2.05, 4.69) is 15.2 Å². The third kappa shape index (κ3) is 4.39. The van der Waals surface area contributed by atoms with Crippen LogP contribution in [0, 0.1) is 5.92 Å². The summed E-state index contributed by atoms with van der Waals surface area (Å²) in [5, 5.41) is 3.87. The van der Waals surface area contributed by atoms with E-state index in [1.54, 1.807) is 14.0 Å². The zero-order chi connectivity index (χ0) is 17.8. The zero-order valence-electron chi connectivity index (χ0n) is 14.8. The average Bonchev–Trinajstić information content (AvgIpc) is 2.60. The summed E-state index contributed by atoms with van der Waals surface area (Å²) in [6, 6.07) is 7.59. The van der Waals surface area contributed by atoms with Gasteiger partial charge in [-0.05, 0) is 49.6 Å². The lowest BCUT2D eigenvalue weighted by molar-refractivity contribution is -0.119. The molecule has 2 heterocycles. The number of benzene rings is 1. The first-order valence-electron chi connectivity index (χ1n) is 8.72. The predicted molar refractivity (Wildman–Crippen MR) is 97.8 cm³/mol. The summed E-state index contributed by atoms with van der Waals surface area (Å²) >= 11 is 0. The van der Waals surface area contributed by atoms with Crippen LogP contribution in [0.4, 0.5) is 0 Å². The number of H-pyrrole nitrogens is 1. The van der Waals surface area contributed by atoms with Crippen molar-refractivity contribution in [1.29, 1.82) is 0 Å². The van der Waals surface area contributed by atoms with Crippen LogP contribution < -0.4 is 15.6 Å². The van der Waals surface area contributed by atoms with Gasteiger partial charge in [-0.15, -0.1) is 0 Å². The number of likely N-dealkylation sites (tertiary alicyclic amines) is 1. The Hall–Kier alpha value is -2.34. The van der Waals surface area contributed by atoms with E-state index < -0.39 is 0 Å². The summed E-state index contributed by atoms with van der Waals surface area (Å²) < 4.78 is 5.27. The third-order valence-corrected chi connectivity index (χ3v) is 4.77. The number of carbonyl (C=O) groups is 1. The number of aromatic nitrogens is 1. The fourth-order valence-electron chi connectivity index (χ4n) is 3.46. The molecule has 6 nitrogen and oxygen atoms in total.